The summed E-state index contributed by atoms with van der Waals surface area (Å²) in [6.07, 6.45) is 0.830. The summed E-state index contributed by atoms with van der Waals surface area (Å²) < 4.78 is 5.43. The Labute approximate surface area is 150 Å². The van der Waals surface area contributed by atoms with Crippen molar-refractivity contribution in [1.82, 2.24) is 0 Å². The molecule has 0 saturated carbocycles. The summed E-state index contributed by atoms with van der Waals surface area (Å²) in [7, 11) is 0. The molecule has 0 aliphatic carbocycles. The molecular weight excluding hydrogens is 357 g/mol. The van der Waals surface area contributed by atoms with Crippen LogP contribution in [-0.4, -0.2) is 12.5 Å². The first-order chi connectivity index (χ1) is 10.9. The van der Waals surface area contributed by atoms with Gasteiger partial charge in [0.15, 0.2) is 6.61 Å². The Balaban J connectivity index is 2.05. The average molecular weight is 373 g/mol. The summed E-state index contributed by atoms with van der Waals surface area (Å²) in [5.74, 6) is 0.0489. The van der Waals surface area contributed by atoms with Crippen LogP contribution in [0.2, 0.25) is 15.1 Å². The highest BCUT2D eigenvalue weighted by Crippen LogP contribution is 2.33. The molecule has 2 aromatic rings. The molecule has 6 heteroatoms. The Morgan fingerprint density at radius 2 is 1.83 bits per heavy atom. The fraction of sp³-hybridized carbons (Fsp3) is 0.235. The van der Waals surface area contributed by atoms with Crippen LogP contribution in [0, 0.1) is 6.92 Å². The Hall–Kier alpha value is -1.42. The van der Waals surface area contributed by atoms with Gasteiger partial charge in [0.2, 0.25) is 0 Å². The third-order valence-electron chi connectivity index (χ3n) is 3.34. The molecule has 1 N–H and O–H groups in total. The molecule has 0 fully saturated rings. The van der Waals surface area contributed by atoms with E-state index in [1.165, 1.54) is 12.1 Å². The number of hydrogen-bond donors (Lipinski definition) is 1. The van der Waals surface area contributed by atoms with Crippen molar-refractivity contribution in [2.75, 3.05) is 11.9 Å². The van der Waals surface area contributed by atoms with Crippen LogP contribution in [0.3, 0.4) is 0 Å². The highest BCUT2D eigenvalue weighted by atomic mass is 35.5. The molecule has 0 unspecified atom stereocenters. The summed E-state index contributed by atoms with van der Waals surface area (Å²) >= 11 is 17.8. The second kappa shape index (κ2) is 7.91. The van der Waals surface area contributed by atoms with E-state index in [1.54, 1.807) is 0 Å². The number of aryl methyl sites for hydroxylation is 2. The second-order valence-electron chi connectivity index (χ2n) is 5.00. The van der Waals surface area contributed by atoms with Crippen LogP contribution in [0.5, 0.6) is 5.75 Å². The molecule has 0 aromatic heterocycles. The quantitative estimate of drug-likeness (QED) is 0.700. The zero-order valence-corrected chi connectivity index (χ0v) is 15.0. The molecule has 3 nitrogen and oxygen atoms in total. The Kier molecular flexibility index (Phi) is 6.17. The van der Waals surface area contributed by atoms with Crippen molar-refractivity contribution in [3.8, 4) is 5.75 Å². The molecule has 0 bridgehead atoms. The largest absolute Gasteiger partial charge is 0.482 e. The van der Waals surface area contributed by atoms with Crippen LogP contribution in [0.15, 0.2) is 30.3 Å². The molecule has 122 valence electrons. The lowest BCUT2D eigenvalue weighted by atomic mass is 10.1. The molecule has 0 spiro atoms. The number of hydrogen-bond acceptors (Lipinski definition) is 2. The smallest absolute Gasteiger partial charge is 0.262 e. The minimum absolute atomic E-state index is 0.171. The molecule has 23 heavy (non-hydrogen) atoms. The van der Waals surface area contributed by atoms with Gasteiger partial charge in [0, 0.05) is 11.8 Å². The lowest BCUT2D eigenvalue weighted by Gasteiger charge is -2.14. The molecular formula is C17H16Cl3NO2. The number of carbonyl (C=O) groups is 1. The summed E-state index contributed by atoms with van der Waals surface area (Å²) in [5, 5.41) is 3.83. The van der Waals surface area contributed by atoms with Crippen molar-refractivity contribution in [1.29, 1.82) is 0 Å². The van der Waals surface area contributed by atoms with Crippen molar-refractivity contribution >= 4 is 46.4 Å². The topological polar surface area (TPSA) is 38.3 Å². The first kappa shape index (κ1) is 17.9. The van der Waals surface area contributed by atoms with Gasteiger partial charge in [-0.25, -0.2) is 0 Å². The standard InChI is InChI=1S/C17H16Cl3NO2/c1-3-11-6-4-5-10(2)17(11)21-16(22)9-23-15-8-13(19)12(18)7-14(15)20/h4-8H,3,9H2,1-2H3,(H,21,22). The molecule has 2 rings (SSSR count). The van der Waals surface area contributed by atoms with Gasteiger partial charge in [-0.15, -0.1) is 0 Å². The van der Waals surface area contributed by atoms with E-state index in [4.69, 9.17) is 39.5 Å². The Morgan fingerprint density at radius 3 is 2.52 bits per heavy atom. The molecule has 0 aliphatic rings. The minimum Gasteiger partial charge on any atom is -0.482 e. The van der Waals surface area contributed by atoms with Crippen LogP contribution in [-0.2, 0) is 11.2 Å². The maximum Gasteiger partial charge on any atom is 0.262 e. The van der Waals surface area contributed by atoms with E-state index in [9.17, 15) is 4.79 Å². The fourth-order valence-electron chi connectivity index (χ4n) is 2.14. The zero-order valence-electron chi connectivity index (χ0n) is 12.8. The molecule has 0 aliphatic heterocycles. The number of anilines is 1. The Morgan fingerprint density at radius 1 is 1.13 bits per heavy atom. The van der Waals surface area contributed by atoms with Gasteiger partial charge in [-0.3, -0.25) is 4.79 Å². The van der Waals surface area contributed by atoms with E-state index >= 15 is 0 Å². The molecule has 0 heterocycles. The number of benzene rings is 2. The normalized spacial score (nSPS) is 10.5. The van der Waals surface area contributed by atoms with Gasteiger partial charge in [0.05, 0.1) is 15.1 Å². The SMILES string of the molecule is CCc1cccc(C)c1NC(=O)COc1cc(Cl)c(Cl)cc1Cl. The molecule has 2 aromatic carbocycles. The van der Waals surface area contributed by atoms with Crippen molar-refractivity contribution in [3.05, 3.63) is 56.5 Å². The number of carbonyl (C=O) groups excluding carboxylic acids is 1. The van der Waals surface area contributed by atoms with Crippen LogP contribution in [0.1, 0.15) is 18.1 Å². The van der Waals surface area contributed by atoms with E-state index in [1.807, 2.05) is 32.0 Å². The van der Waals surface area contributed by atoms with E-state index in [0.29, 0.717) is 20.8 Å². The van der Waals surface area contributed by atoms with Gasteiger partial charge < -0.3 is 10.1 Å². The van der Waals surface area contributed by atoms with E-state index < -0.39 is 0 Å². The summed E-state index contributed by atoms with van der Waals surface area (Å²) in [6, 6.07) is 8.88. The molecule has 0 atom stereocenters. The van der Waals surface area contributed by atoms with Crippen molar-refractivity contribution in [2.24, 2.45) is 0 Å². The highest BCUT2D eigenvalue weighted by molar-refractivity contribution is 6.43. The van der Waals surface area contributed by atoms with E-state index in [2.05, 4.69) is 5.32 Å². The summed E-state index contributed by atoms with van der Waals surface area (Å²) in [6.45, 7) is 3.82. The van der Waals surface area contributed by atoms with Gasteiger partial charge in [-0.2, -0.15) is 0 Å². The third kappa shape index (κ3) is 4.54. The first-order valence-corrected chi connectivity index (χ1v) is 8.21. The summed E-state index contributed by atoms with van der Waals surface area (Å²) in [4.78, 5) is 12.1. The molecule has 1 amide bonds. The van der Waals surface area contributed by atoms with Gasteiger partial charge in [-0.1, -0.05) is 59.9 Å². The predicted molar refractivity (Wildman–Crippen MR) is 96.2 cm³/mol. The highest BCUT2D eigenvalue weighted by Gasteiger charge is 2.12. The minimum atomic E-state index is -0.267. The number of rotatable bonds is 5. The zero-order chi connectivity index (χ0) is 17.0. The number of nitrogens with one attached hydrogen (secondary N) is 1. The fourth-order valence-corrected chi connectivity index (χ4v) is 2.73. The van der Waals surface area contributed by atoms with Crippen LogP contribution >= 0.6 is 34.8 Å². The van der Waals surface area contributed by atoms with E-state index in [0.717, 1.165) is 23.2 Å². The van der Waals surface area contributed by atoms with Crippen molar-refractivity contribution in [3.63, 3.8) is 0 Å². The monoisotopic (exact) mass is 371 g/mol. The predicted octanol–water partition coefficient (Wildman–Crippen LogP) is 5.54. The van der Waals surface area contributed by atoms with Gasteiger partial charge in [0.25, 0.3) is 5.91 Å². The lowest BCUT2D eigenvalue weighted by molar-refractivity contribution is -0.118. The van der Waals surface area contributed by atoms with Gasteiger partial charge in [-0.05, 0) is 30.5 Å². The van der Waals surface area contributed by atoms with Gasteiger partial charge >= 0.3 is 0 Å². The van der Waals surface area contributed by atoms with Crippen molar-refractivity contribution < 1.29 is 9.53 Å². The number of ether oxygens (including phenoxy) is 1. The van der Waals surface area contributed by atoms with Gasteiger partial charge in [0.1, 0.15) is 5.75 Å². The second-order valence-corrected chi connectivity index (χ2v) is 6.22. The summed E-state index contributed by atoms with van der Waals surface area (Å²) in [5.41, 5.74) is 2.90. The molecule has 0 saturated heterocycles. The number of halogens is 3. The van der Waals surface area contributed by atoms with Crippen molar-refractivity contribution in [2.45, 2.75) is 20.3 Å². The third-order valence-corrected chi connectivity index (χ3v) is 4.36. The van der Waals surface area contributed by atoms with Crippen LogP contribution in [0.4, 0.5) is 5.69 Å². The maximum atomic E-state index is 12.1. The molecule has 0 radical (unpaired) electrons. The van der Waals surface area contributed by atoms with E-state index in [-0.39, 0.29) is 12.5 Å². The number of amides is 1. The maximum absolute atomic E-state index is 12.1. The number of para-hydroxylation sites is 1. The van der Waals surface area contributed by atoms with Crippen LogP contribution in [0.25, 0.3) is 0 Å². The lowest BCUT2D eigenvalue weighted by Crippen LogP contribution is -2.21. The first-order valence-electron chi connectivity index (χ1n) is 7.08. The average Bonchev–Trinajstić information content (AvgIpc) is 2.51. The Bertz CT molecular complexity index is 732. The van der Waals surface area contributed by atoms with Crippen LogP contribution < -0.4 is 10.1 Å².